The Morgan fingerprint density at radius 2 is 1.76 bits per heavy atom. The summed E-state index contributed by atoms with van der Waals surface area (Å²) >= 11 is 1.52. The summed E-state index contributed by atoms with van der Waals surface area (Å²) in [5.74, 6) is -0.462. The Balaban J connectivity index is 1.52. The fraction of sp³-hybridized carbons (Fsp3) is 0.417. The predicted molar refractivity (Wildman–Crippen MR) is 130 cm³/mol. The fourth-order valence-electron chi connectivity index (χ4n) is 4.07. The van der Waals surface area contributed by atoms with Gasteiger partial charge in [-0.3, -0.25) is 14.6 Å². The second kappa shape index (κ2) is 12.5. The summed E-state index contributed by atoms with van der Waals surface area (Å²) in [4.78, 5) is 29.5. The van der Waals surface area contributed by atoms with E-state index < -0.39 is 9.84 Å². The summed E-state index contributed by atoms with van der Waals surface area (Å²) < 4.78 is 26.0. The van der Waals surface area contributed by atoms with Crippen LogP contribution in [0.15, 0.2) is 58.6 Å². The van der Waals surface area contributed by atoms with Crippen LogP contribution in [-0.4, -0.2) is 49.8 Å². The van der Waals surface area contributed by atoms with Crippen molar-refractivity contribution >= 4 is 33.4 Å². The number of hydrogen-bond acceptors (Lipinski definition) is 7. The van der Waals surface area contributed by atoms with Crippen molar-refractivity contribution in [3.8, 4) is 6.07 Å². The Morgan fingerprint density at radius 1 is 1.06 bits per heavy atom. The molecular weight excluding hydrogens is 472 g/mol. The minimum absolute atomic E-state index is 0.0681. The van der Waals surface area contributed by atoms with Gasteiger partial charge in [-0.05, 0) is 55.2 Å². The third kappa shape index (κ3) is 7.30. The van der Waals surface area contributed by atoms with E-state index in [4.69, 9.17) is 5.26 Å². The van der Waals surface area contributed by atoms with Crippen molar-refractivity contribution in [2.75, 3.05) is 24.6 Å². The van der Waals surface area contributed by atoms with Crippen molar-refractivity contribution in [1.29, 1.82) is 5.26 Å². The average molecular weight is 501 g/mol. The number of benzene rings is 1. The van der Waals surface area contributed by atoms with E-state index in [0.717, 1.165) is 17.7 Å². The monoisotopic (exact) mass is 500 g/mol. The molecule has 180 valence electrons. The first-order valence-electron chi connectivity index (χ1n) is 11.2. The Labute approximate surface area is 204 Å². The van der Waals surface area contributed by atoms with Crippen LogP contribution in [-0.2, 0) is 14.6 Å². The second-order valence-electron chi connectivity index (χ2n) is 8.12. The molecule has 1 aliphatic rings. The summed E-state index contributed by atoms with van der Waals surface area (Å²) in [6, 6.07) is 11.9. The van der Waals surface area contributed by atoms with Crippen LogP contribution in [0.25, 0.3) is 0 Å². The first-order valence-corrected chi connectivity index (χ1v) is 13.8. The van der Waals surface area contributed by atoms with Gasteiger partial charge in [0.1, 0.15) is 6.54 Å². The van der Waals surface area contributed by atoms with Crippen LogP contribution < -0.4 is 10.6 Å². The summed E-state index contributed by atoms with van der Waals surface area (Å²) in [5, 5.41) is 14.1. The number of nitriles is 1. The van der Waals surface area contributed by atoms with Gasteiger partial charge in [0.05, 0.1) is 16.7 Å². The van der Waals surface area contributed by atoms with Gasteiger partial charge in [-0.1, -0.05) is 12.8 Å². The zero-order valence-electron chi connectivity index (χ0n) is 18.8. The van der Waals surface area contributed by atoms with Gasteiger partial charge in [-0.25, -0.2) is 8.42 Å². The van der Waals surface area contributed by atoms with Gasteiger partial charge in [-0.2, -0.15) is 5.26 Å². The standard InChI is InChI=1S/C24H28N4O4S2/c25-11-14-27-24(30)22-4-2-1-3-19(22)17-34(31,32)21-7-5-20(6-8-21)33-16-15-28-23(29)18-9-12-26-13-10-18/h5-10,12-13,19,22H,1-4,14-17H2,(H,27,30)(H,28,29)/t19-,22+/m0/s1. The van der Waals surface area contributed by atoms with Gasteiger partial charge < -0.3 is 10.6 Å². The maximum absolute atomic E-state index is 13.0. The molecule has 1 aromatic carbocycles. The Bertz CT molecular complexity index is 1120. The van der Waals surface area contributed by atoms with E-state index in [1.165, 1.54) is 11.8 Å². The number of thioether (sulfide) groups is 1. The molecule has 8 nitrogen and oxygen atoms in total. The lowest BCUT2D eigenvalue weighted by molar-refractivity contribution is -0.127. The van der Waals surface area contributed by atoms with E-state index in [2.05, 4.69) is 15.6 Å². The van der Waals surface area contributed by atoms with Gasteiger partial charge in [-0.15, -0.1) is 11.8 Å². The summed E-state index contributed by atoms with van der Waals surface area (Å²) in [5.41, 5.74) is 0.553. The van der Waals surface area contributed by atoms with Gasteiger partial charge in [0.25, 0.3) is 5.91 Å². The second-order valence-corrected chi connectivity index (χ2v) is 11.3. The van der Waals surface area contributed by atoms with Crippen LogP contribution in [0.2, 0.25) is 0 Å². The molecule has 0 unspecified atom stereocenters. The predicted octanol–water partition coefficient (Wildman–Crippen LogP) is 2.82. The van der Waals surface area contributed by atoms with Crippen molar-refractivity contribution in [2.45, 2.75) is 35.5 Å². The fourth-order valence-corrected chi connectivity index (χ4v) is 6.54. The van der Waals surface area contributed by atoms with E-state index in [9.17, 15) is 18.0 Å². The zero-order chi connectivity index (χ0) is 24.4. The molecule has 0 bridgehead atoms. The highest BCUT2D eigenvalue weighted by Gasteiger charge is 2.34. The molecule has 3 rings (SSSR count). The number of pyridine rings is 1. The molecule has 0 radical (unpaired) electrons. The van der Waals surface area contributed by atoms with Crippen molar-refractivity contribution < 1.29 is 18.0 Å². The lowest BCUT2D eigenvalue weighted by Gasteiger charge is -2.30. The first-order chi connectivity index (χ1) is 16.4. The van der Waals surface area contributed by atoms with Crippen LogP contribution in [0.4, 0.5) is 0 Å². The zero-order valence-corrected chi connectivity index (χ0v) is 20.4. The molecule has 34 heavy (non-hydrogen) atoms. The van der Waals surface area contributed by atoms with Crippen molar-refractivity contribution in [1.82, 2.24) is 15.6 Å². The lowest BCUT2D eigenvalue weighted by atomic mass is 9.80. The van der Waals surface area contributed by atoms with Crippen LogP contribution in [0.1, 0.15) is 36.0 Å². The van der Waals surface area contributed by atoms with Crippen LogP contribution >= 0.6 is 11.8 Å². The molecule has 10 heteroatoms. The molecule has 1 aromatic heterocycles. The third-order valence-corrected chi connectivity index (χ3v) is 8.67. The largest absolute Gasteiger partial charge is 0.351 e. The van der Waals surface area contributed by atoms with Crippen molar-refractivity contribution in [2.24, 2.45) is 11.8 Å². The maximum atomic E-state index is 13.0. The molecular formula is C24H28N4O4S2. The normalized spacial score (nSPS) is 18.0. The van der Waals surface area contributed by atoms with E-state index in [-0.39, 0.29) is 40.8 Å². The summed E-state index contributed by atoms with van der Waals surface area (Å²) in [6.45, 7) is 0.407. The van der Waals surface area contributed by atoms with Crippen LogP contribution in [0, 0.1) is 23.2 Å². The molecule has 2 N–H and O–H groups in total. The highest BCUT2D eigenvalue weighted by molar-refractivity contribution is 7.99. The molecule has 1 fully saturated rings. The number of sulfone groups is 1. The number of carbonyl (C=O) groups is 2. The Kier molecular flexibility index (Phi) is 9.48. The first kappa shape index (κ1) is 25.7. The van der Waals surface area contributed by atoms with Crippen molar-refractivity contribution in [3.63, 3.8) is 0 Å². The van der Waals surface area contributed by atoms with Crippen molar-refractivity contribution in [3.05, 3.63) is 54.4 Å². The Morgan fingerprint density at radius 3 is 2.47 bits per heavy atom. The number of carbonyl (C=O) groups excluding carboxylic acids is 2. The number of rotatable bonds is 10. The summed E-state index contributed by atoms with van der Waals surface area (Å²) in [6.07, 6.45) is 6.24. The number of nitrogens with zero attached hydrogens (tertiary/aromatic N) is 2. The minimum atomic E-state index is -3.55. The minimum Gasteiger partial charge on any atom is -0.351 e. The molecule has 2 atom stereocenters. The molecule has 1 heterocycles. The highest BCUT2D eigenvalue weighted by Crippen LogP contribution is 2.33. The topological polar surface area (TPSA) is 129 Å². The van der Waals surface area contributed by atoms with Gasteiger partial charge in [0.15, 0.2) is 9.84 Å². The van der Waals surface area contributed by atoms with Crippen LogP contribution in [0.5, 0.6) is 0 Å². The lowest BCUT2D eigenvalue weighted by Crippen LogP contribution is -2.39. The average Bonchev–Trinajstić information content (AvgIpc) is 2.86. The summed E-state index contributed by atoms with van der Waals surface area (Å²) in [7, 11) is -3.55. The molecule has 0 saturated heterocycles. The number of aromatic nitrogens is 1. The third-order valence-electron chi connectivity index (χ3n) is 5.80. The molecule has 1 aliphatic carbocycles. The molecule has 0 aliphatic heterocycles. The molecule has 1 saturated carbocycles. The number of amides is 2. The molecule has 2 amide bonds. The smallest absolute Gasteiger partial charge is 0.251 e. The van der Waals surface area contributed by atoms with Crippen LogP contribution in [0.3, 0.4) is 0 Å². The Hall–Kier alpha value is -2.90. The van der Waals surface area contributed by atoms with Gasteiger partial charge in [0.2, 0.25) is 5.91 Å². The highest BCUT2D eigenvalue weighted by atomic mass is 32.2. The quantitative estimate of drug-likeness (QED) is 0.291. The number of nitrogens with one attached hydrogen (secondary N) is 2. The van der Waals surface area contributed by atoms with E-state index in [1.54, 1.807) is 48.8 Å². The molecule has 0 spiro atoms. The SMILES string of the molecule is N#CCNC(=O)[C@@H]1CCCC[C@H]1CS(=O)(=O)c1ccc(SCCNC(=O)c2ccncc2)cc1. The van der Waals surface area contributed by atoms with E-state index >= 15 is 0 Å². The van der Waals surface area contributed by atoms with Gasteiger partial charge >= 0.3 is 0 Å². The maximum Gasteiger partial charge on any atom is 0.251 e. The van der Waals surface area contributed by atoms with E-state index in [1.807, 2.05) is 6.07 Å². The molecule has 2 aromatic rings. The van der Waals surface area contributed by atoms with E-state index in [0.29, 0.717) is 30.7 Å². The van der Waals surface area contributed by atoms with Gasteiger partial charge in [0, 0.05) is 41.1 Å². The number of hydrogen-bond donors (Lipinski definition) is 2.